The maximum Gasteiger partial charge on any atom is 0.416 e. The highest BCUT2D eigenvalue weighted by molar-refractivity contribution is 5.65. The SMILES string of the molecule is Cc1ccc(-c2ccc(OC[C@@H](O)C[NH+]3CCN(c4cccc(C(F)(F)F)c4)CC3)c(C)c2)cc1. The summed E-state index contributed by atoms with van der Waals surface area (Å²) in [7, 11) is 0. The van der Waals surface area contributed by atoms with Gasteiger partial charge in [0.15, 0.2) is 0 Å². The number of halogens is 3. The van der Waals surface area contributed by atoms with E-state index < -0.39 is 17.8 Å². The highest BCUT2D eigenvalue weighted by Gasteiger charge is 2.31. The first-order chi connectivity index (χ1) is 16.7. The third-order valence-corrected chi connectivity index (χ3v) is 6.52. The average Bonchev–Trinajstić information content (AvgIpc) is 2.84. The predicted molar refractivity (Wildman–Crippen MR) is 132 cm³/mol. The maximum absolute atomic E-state index is 13.0. The molecular weight excluding hydrogens is 453 g/mol. The first-order valence-corrected chi connectivity index (χ1v) is 11.9. The number of nitrogens with one attached hydrogen (secondary N) is 1. The summed E-state index contributed by atoms with van der Waals surface area (Å²) in [5.74, 6) is 0.754. The van der Waals surface area contributed by atoms with Gasteiger partial charge in [-0.2, -0.15) is 13.2 Å². The zero-order valence-electron chi connectivity index (χ0n) is 20.1. The molecule has 1 heterocycles. The van der Waals surface area contributed by atoms with E-state index in [4.69, 9.17) is 4.74 Å². The van der Waals surface area contributed by atoms with Crippen molar-refractivity contribution >= 4 is 5.69 Å². The first-order valence-electron chi connectivity index (χ1n) is 11.9. The number of ether oxygens (including phenoxy) is 1. The number of aliphatic hydroxyl groups excluding tert-OH is 1. The number of aryl methyl sites for hydroxylation is 2. The van der Waals surface area contributed by atoms with Crippen LogP contribution in [0.5, 0.6) is 5.75 Å². The number of hydrogen-bond donors (Lipinski definition) is 2. The normalized spacial score (nSPS) is 15.8. The summed E-state index contributed by atoms with van der Waals surface area (Å²) in [6.45, 7) is 7.58. The van der Waals surface area contributed by atoms with Gasteiger partial charge in [0.05, 0.1) is 31.7 Å². The number of rotatable bonds is 7. The number of piperazine rings is 1. The second-order valence-electron chi connectivity index (χ2n) is 9.30. The number of quaternary nitrogens is 1. The van der Waals surface area contributed by atoms with Crippen molar-refractivity contribution in [1.82, 2.24) is 0 Å². The van der Waals surface area contributed by atoms with Crippen LogP contribution in [0.25, 0.3) is 11.1 Å². The lowest BCUT2D eigenvalue weighted by Gasteiger charge is -2.34. The van der Waals surface area contributed by atoms with Crippen molar-refractivity contribution < 1.29 is 27.9 Å². The summed E-state index contributed by atoms with van der Waals surface area (Å²) >= 11 is 0. The summed E-state index contributed by atoms with van der Waals surface area (Å²) in [5, 5.41) is 10.5. The van der Waals surface area contributed by atoms with E-state index in [0.717, 1.165) is 41.6 Å². The molecule has 186 valence electrons. The predicted octanol–water partition coefficient (Wildman–Crippen LogP) is 4.13. The van der Waals surface area contributed by atoms with Crippen LogP contribution in [0, 0.1) is 13.8 Å². The van der Waals surface area contributed by atoms with Gasteiger partial charge >= 0.3 is 6.18 Å². The van der Waals surface area contributed by atoms with Gasteiger partial charge in [0.2, 0.25) is 0 Å². The Morgan fingerprint density at radius 2 is 1.63 bits per heavy atom. The van der Waals surface area contributed by atoms with Crippen LogP contribution in [-0.2, 0) is 6.18 Å². The average molecular weight is 486 g/mol. The Morgan fingerprint density at radius 3 is 2.29 bits per heavy atom. The summed E-state index contributed by atoms with van der Waals surface area (Å²) in [6.07, 6.45) is -4.96. The number of anilines is 1. The minimum absolute atomic E-state index is 0.200. The van der Waals surface area contributed by atoms with Crippen LogP contribution in [0.15, 0.2) is 66.7 Å². The van der Waals surface area contributed by atoms with Crippen LogP contribution in [-0.4, -0.2) is 50.5 Å². The summed E-state index contributed by atoms with van der Waals surface area (Å²) in [5.41, 5.74) is 4.47. The third kappa shape index (κ3) is 6.55. The van der Waals surface area contributed by atoms with Crippen LogP contribution < -0.4 is 14.5 Å². The fourth-order valence-corrected chi connectivity index (χ4v) is 4.48. The zero-order valence-corrected chi connectivity index (χ0v) is 20.1. The largest absolute Gasteiger partial charge is 0.490 e. The number of hydrogen-bond acceptors (Lipinski definition) is 3. The third-order valence-electron chi connectivity index (χ3n) is 6.52. The van der Waals surface area contributed by atoms with Crippen molar-refractivity contribution in [2.24, 2.45) is 0 Å². The Bertz CT molecular complexity index is 1120. The molecule has 0 unspecified atom stereocenters. The molecule has 1 saturated heterocycles. The molecular formula is C28H32F3N2O2+. The van der Waals surface area contributed by atoms with Gasteiger partial charge in [-0.1, -0.05) is 42.0 Å². The lowest BCUT2D eigenvalue weighted by Crippen LogP contribution is -3.16. The molecule has 7 heteroatoms. The molecule has 0 amide bonds. The number of nitrogens with zero attached hydrogens (tertiary/aromatic N) is 1. The Labute approximate surface area is 204 Å². The lowest BCUT2D eigenvalue weighted by atomic mass is 10.0. The van der Waals surface area contributed by atoms with Crippen molar-refractivity contribution in [2.45, 2.75) is 26.1 Å². The van der Waals surface area contributed by atoms with Crippen molar-refractivity contribution in [3.05, 3.63) is 83.4 Å². The van der Waals surface area contributed by atoms with Gasteiger partial charge in [-0.3, -0.25) is 0 Å². The van der Waals surface area contributed by atoms with Gasteiger partial charge < -0.3 is 19.6 Å². The number of aliphatic hydroxyl groups is 1. The van der Waals surface area contributed by atoms with E-state index in [2.05, 4.69) is 37.3 Å². The first kappa shape index (κ1) is 25.1. The molecule has 0 radical (unpaired) electrons. The molecule has 35 heavy (non-hydrogen) atoms. The van der Waals surface area contributed by atoms with Gasteiger partial charge in [-0.25, -0.2) is 0 Å². The minimum atomic E-state index is -4.34. The lowest BCUT2D eigenvalue weighted by molar-refractivity contribution is -0.903. The monoisotopic (exact) mass is 485 g/mol. The van der Waals surface area contributed by atoms with Crippen LogP contribution >= 0.6 is 0 Å². The maximum atomic E-state index is 13.0. The van der Waals surface area contributed by atoms with E-state index in [9.17, 15) is 18.3 Å². The molecule has 0 spiro atoms. The Balaban J connectivity index is 1.25. The van der Waals surface area contributed by atoms with E-state index in [1.807, 2.05) is 24.0 Å². The van der Waals surface area contributed by atoms with Crippen molar-refractivity contribution in [3.63, 3.8) is 0 Å². The molecule has 1 fully saturated rings. The number of alkyl halides is 3. The summed E-state index contributed by atoms with van der Waals surface area (Å²) < 4.78 is 44.9. The summed E-state index contributed by atoms with van der Waals surface area (Å²) in [4.78, 5) is 3.19. The minimum Gasteiger partial charge on any atom is -0.490 e. The topological polar surface area (TPSA) is 37.1 Å². The standard InChI is InChI=1S/C28H31F3N2O2/c1-20-6-8-22(9-7-20)23-10-11-27(21(2)16-23)35-19-26(34)18-32-12-14-33(15-13-32)25-5-3-4-24(17-25)28(29,30)31/h3-11,16-17,26,34H,12-15,18-19H2,1-2H3/p+1/t26-/m0/s1. The number of benzene rings is 3. The van der Waals surface area contributed by atoms with E-state index in [1.54, 1.807) is 6.07 Å². The molecule has 1 aliphatic heterocycles. The van der Waals surface area contributed by atoms with Crippen LogP contribution in [0.3, 0.4) is 0 Å². The Kier molecular flexibility index (Phi) is 7.67. The molecule has 3 aromatic carbocycles. The van der Waals surface area contributed by atoms with Gasteiger partial charge in [0, 0.05) is 5.69 Å². The Morgan fingerprint density at radius 1 is 0.943 bits per heavy atom. The van der Waals surface area contributed by atoms with Gasteiger partial charge in [-0.05, 0) is 60.9 Å². The highest BCUT2D eigenvalue weighted by atomic mass is 19.4. The van der Waals surface area contributed by atoms with Crippen molar-refractivity contribution in [3.8, 4) is 16.9 Å². The van der Waals surface area contributed by atoms with Crippen molar-refractivity contribution in [1.29, 1.82) is 0 Å². The molecule has 4 nitrogen and oxygen atoms in total. The fourth-order valence-electron chi connectivity index (χ4n) is 4.48. The molecule has 0 bridgehead atoms. The van der Waals surface area contributed by atoms with E-state index in [1.165, 1.54) is 22.6 Å². The molecule has 4 rings (SSSR count). The molecule has 0 aliphatic carbocycles. The Hall–Kier alpha value is -3.03. The van der Waals surface area contributed by atoms with E-state index in [-0.39, 0.29) is 6.61 Å². The molecule has 0 saturated carbocycles. The van der Waals surface area contributed by atoms with Crippen LogP contribution in [0.1, 0.15) is 16.7 Å². The van der Waals surface area contributed by atoms with E-state index in [0.29, 0.717) is 25.3 Å². The van der Waals surface area contributed by atoms with Crippen LogP contribution in [0.2, 0.25) is 0 Å². The summed E-state index contributed by atoms with van der Waals surface area (Å²) in [6, 6.07) is 19.9. The van der Waals surface area contributed by atoms with Crippen LogP contribution in [0.4, 0.5) is 18.9 Å². The highest BCUT2D eigenvalue weighted by Crippen LogP contribution is 2.31. The zero-order chi connectivity index (χ0) is 25.0. The quantitative estimate of drug-likeness (QED) is 0.529. The second kappa shape index (κ2) is 10.7. The smallest absolute Gasteiger partial charge is 0.416 e. The molecule has 1 atom stereocenters. The van der Waals surface area contributed by atoms with Crippen molar-refractivity contribution in [2.75, 3.05) is 44.2 Å². The fraction of sp³-hybridized carbons (Fsp3) is 0.357. The van der Waals surface area contributed by atoms with Gasteiger partial charge in [0.1, 0.15) is 25.0 Å². The van der Waals surface area contributed by atoms with E-state index >= 15 is 0 Å². The molecule has 1 aliphatic rings. The molecule has 2 N–H and O–H groups in total. The second-order valence-corrected chi connectivity index (χ2v) is 9.30. The molecule has 0 aromatic heterocycles. The van der Waals surface area contributed by atoms with Gasteiger partial charge in [-0.15, -0.1) is 0 Å². The molecule has 3 aromatic rings. The van der Waals surface area contributed by atoms with Gasteiger partial charge in [0.25, 0.3) is 0 Å².